The van der Waals surface area contributed by atoms with Crippen LogP contribution >= 0.6 is 0 Å². The van der Waals surface area contributed by atoms with E-state index >= 15 is 0 Å². The van der Waals surface area contributed by atoms with Crippen molar-refractivity contribution in [2.75, 3.05) is 0 Å². The summed E-state index contributed by atoms with van der Waals surface area (Å²) < 4.78 is 0. The Hall–Kier alpha value is -0.840. The lowest BCUT2D eigenvalue weighted by atomic mass is 10.1. The van der Waals surface area contributed by atoms with Gasteiger partial charge >= 0.3 is 0 Å². The molecule has 0 aliphatic heterocycles. The lowest BCUT2D eigenvalue weighted by Crippen LogP contribution is -1.94. The van der Waals surface area contributed by atoms with Gasteiger partial charge in [-0.05, 0) is 19.3 Å². The van der Waals surface area contributed by atoms with Crippen molar-refractivity contribution in [1.82, 2.24) is 0 Å². The van der Waals surface area contributed by atoms with E-state index in [9.17, 15) is 4.79 Å². The molecule has 0 heterocycles. The molecule has 1 fully saturated rings. The zero-order valence-corrected chi connectivity index (χ0v) is 5.21. The smallest absolute Gasteiger partial charge is 0.123 e. The highest BCUT2D eigenvalue weighted by molar-refractivity contribution is 5.54. The monoisotopic (exact) mass is 123 g/mol. The highest BCUT2D eigenvalue weighted by Gasteiger charge is 2.23. The topological polar surface area (TPSA) is 40.9 Å². The Kier molecular flexibility index (Phi) is 1.84. The molecule has 2 nitrogen and oxygen atoms in total. The Bertz CT molecular complexity index is 147. The van der Waals surface area contributed by atoms with Crippen molar-refractivity contribution in [3.8, 4) is 6.07 Å². The minimum absolute atomic E-state index is 0.153. The standard InChI is InChI=1S/C7H9NO/c8-4-6-1-2-7(3-6)5-9/h5-7H,1-3H2. The van der Waals surface area contributed by atoms with Crippen LogP contribution in [0.3, 0.4) is 0 Å². The summed E-state index contributed by atoms with van der Waals surface area (Å²) in [4.78, 5) is 10.2. The molecule has 2 atom stereocenters. The molecule has 9 heavy (non-hydrogen) atoms. The van der Waals surface area contributed by atoms with Gasteiger partial charge in [-0.15, -0.1) is 0 Å². The van der Waals surface area contributed by atoms with Crippen LogP contribution in [0.4, 0.5) is 0 Å². The second-order valence-electron chi connectivity index (χ2n) is 2.54. The molecule has 2 heteroatoms. The van der Waals surface area contributed by atoms with E-state index in [1.165, 1.54) is 0 Å². The zero-order valence-electron chi connectivity index (χ0n) is 5.21. The van der Waals surface area contributed by atoms with E-state index in [4.69, 9.17) is 5.26 Å². The molecule has 0 amide bonds. The molecule has 0 saturated heterocycles. The molecule has 0 aromatic rings. The number of rotatable bonds is 1. The SMILES string of the molecule is N#CC1CCC(C=O)C1. The Labute approximate surface area is 54.5 Å². The first kappa shape index (κ1) is 6.28. The first-order chi connectivity index (χ1) is 4.36. The summed E-state index contributed by atoms with van der Waals surface area (Å²) in [6.07, 6.45) is 3.60. The highest BCUT2D eigenvalue weighted by atomic mass is 16.1. The zero-order chi connectivity index (χ0) is 6.69. The average Bonchev–Trinajstić information content (AvgIpc) is 2.34. The first-order valence-electron chi connectivity index (χ1n) is 3.21. The van der Waals surface area contributed by atoms with E-state index in [1.54, 1.807) is 0 Å². The molecule has 0 radical (unpaired) electrons. The number of hydrogen-bond donors (Lipinski definition) is 0. The molecule has 0 aromatic heterocycles. The van der Waals surface area contributed by atoms with Gasteiger partial charge in [-0.25, -0.2) is 0 Å². The van der Waals surface area contributed by atoms with E-state index in [0.29, 0.717) is 0 Å². The van der Waals surface area contributed by atoms with Crippen LogP contribution in [0.15, 0.2) is 0 Å². The van der Waals surface area contributed by atoms with E-state index < -0.39 is 0 Å². The molecule has 0 aromatic carbocycles. The van der Waals surface area contributed by atoms with Gasteiger partial charge in [0, 0.05) is 11.8 Å². The maximum atomic E-state index is 10.2. The van der Waals surface area contributed by atoms with Crippen LogP contribution in [0.25, 0.3) is 0 Å². The van der Waals surface area contributed by atoms with Crippen LogP contribution < -0.4 is 0 Å². The number of hydrogen-bond acceptors (Lipinski definition) is 2. The molecule has 0 spiro atoms. The van der Waals surface area contributed by atoms with Gasteiger partial charge in [0.2, 0.25) is 0 Å². The largest absolute Gasteiger partial charge is 0.303 e. The third kappa shape index (κ3) is 1.29. The van der Waals surface area contributed by atoms with Crippen LogP contribution in [0.5, 0.6) is 0 Å². The molecule has 48 valence electrons. The fourth-order valence-corrected chi connectivity index (χ4v) is 1.26. The Morgan fingerprint density at radius 3 is 2.67 bits per heavy atom. The van der Waals surface area contributed by atoms with E-state index in [2.05, 4.69) is 6.07 Å². The highest BCUT2D eigenvalue weighted by Crippen LogP contribution is 2.28. The van der Waals surface area contributed by atoms with Crippen molar-refractivity contribution >= 4 is 6.29 Å². The van der Waals surface area contributed by atoms with Crippen molar-refractivity contribution in [3.63, 3.8) is 0 Å². The summed E-state index contributed by atoms with van der Waals surface area (Å²) in [5.41, 5.74) is 0. The predicted molar refractivity (Wildman–Crippen MR) is 32.5 cm³/mol. The molecule has 2 unspecified atom stereocenters. The molecule has 1 aliphatic rings. The van der Waals surface area contributed by atoms with Gasteiger partial charge in [0.15, 0.2) is 0 Å². The second-order valence-corrected chi connectivity index (χ2v) is 2.54. The van der Waals surface area contributed by atoms with Crippen LogP contribution in [0.1, 0.15) is 19.3 Å². The number of carbonyl (C=O) groups is 1. The molecular formula is C7H9NO. The number of aldehydes is 1. The van der Waals surface area contributed by atoms with E-state index in [1.807, 2.05) is 0 Å². The Morgan fingerprint density at radius 2 is 2.33 bits per heavy atom. The Morgan fingerprint density at radius 1 is 1.56 bits per heavy atom. The lowest BCUT2D eigenvalue weighted by Gasteiger charge is -1.93. The van der Waals surface area contributed by atoms with E-state index in [-0.39, 0.29) is 11.8 Å². The summed E-state index contributed by atoms with van der Waals surface area (Å²) in [5.74, 6) is 0.329. The third-order valence-corrected chi connectivity index (χ3v) is 1.85. The van der Waals surface area contributed by atoms with Gasteiger partial charge in [0.05, 0.1) is 6.07 Å². The van der Waals surface area contributed by atoms with Gasteiger partial charge in [0.25, 0.3) is 0 Å². The normalized spacial score (nSPS) is 33.7. The van der Waals surface area contributed by atoms with Crippen LogP contribution in [-0.4, -0.2) is 6.29 Å². The Balaban J connectivity index is 2.39. The summed E-state index contributed by atoms with van der Waals surface area (Å²) in [6.45, 7) is 0. The average molecular weight is 123 g/mol. The fourth-order valence-electron chi connectivity index (χ4n) is 1.26. The number of carbonyl (C=O) groups excluding carboxylic acids is 1. The quantitative estimate of drug-likeness (QED) is 0.490. The third-order valence-electron chi connectivity index (χ3n) is 1.85. The number of nitriles is 1. The van der Waals surface area contributed by atoms with E-state index in [0.717, 1.165) is 25.5 Å². The van der Waals surface area contributed by atoms with Crippen molar-refractivity contribution < 1.29 is 4.79 Å². The first-order valence-corrected chi connectivity index (χ1v) is 3.21. The van der Waals surface area contributed by atoms with Gasteiger partial charge in [-0.2, -0.15) is 5.26 Å². The van der Waals surface area contributed by atoms with Gasteiger partial charge in [-0.3, -0.25) is 0 Å². The maximum Gasteiger partial charge on any atom is 0.123 e. The molecule has 1 saturated carbocycles. The molecule has 0 bridgehead atoms. The van der Waals surface area contributed by atoms with Crippen LogP contribution in [-0.2, 0) is 4.79 Å². The molecule has 0 N–H and O–H groups in total. The maximum absolute atomic E-state index is 10.2. The minimum atomic E-state index is 0.153. The summed E-state index contributed by atoms with van der Waals surface area (Å²) >= 11 is 0. The van der Waals surface area contributed by atoms with Crippen LogP contribution in [0, 0.1) is 23.2 Å². The predicted octanol–water partition coefficient (Wildman–Crippen LogP) is 1.13. The van der Waals surface area contributed by atoms with Crippen LogP contribution in [0.2, 0.25) is 0 Å². The van der Waals surface area contributed by atoms with Gasteiger partial charge in [0.1, 0.15) is 6.29 Å². The summed E-state index contributed by atoms with van der Waals surface area (Å²) in [6, 6.07) is 2.17. The van der Waals surface area contributed by atoms with Crippen molar-refractivity contribution in [3.05, 3.63) is 0 Å². The van der Waals surface area contributed by atoms with Crippen molar-refractivity contribution in [2.45, 2.75) is 19.3 Å². The van der Waals surface area contributed by atoms with Crippen molar-refractivity contribution in [1.29, 1.82) is 5.26 Å². The van der Waals surface area contributed by atoms with Gasteiger partial charge < -0.3 is 4.79 Å². The fraction of sp³-hybridized carbons (Fsp3) is 0.714. The molecule has 1 aliphatic carbocycles. The van der Waals surface area contributed by atoms with Gasteiger partial charge in [-0.1, -0.05) is 0 Å². The molecule has 1 rings (SSSR count). The minimum Gasteiger partial charge on any atom is -0.303 e. The summed E-state index contributed by atoms with van der Waals surface area (Å²) in [7, 11) is 0. The lowest BCUT2D eigenvalue weighted by molar-refractivity contribution is -0.110. The summed E-state index contributed by atoms with van der Waals surface area (Å²) in [5, 5.41) is 8.41. The number of nitrogens with zero attached hydrogens (tertiary/aromatic N) is 1. The molecular weight excluding hydrogens is 114 g/mol. The second kappa shape index (κ2) is 2.63. The van der Waals surface area contributed by atoms with Crippen molar-refractivity contribution in [2.24, 2.45) is 11.8 Å².